The van der Waals surface area contributed by atoms with Gasteiger partial charge >= 0.3 is 6.18 Å². The van der Waals surface area contributed by atoms with Crippen LogP contribution in [0.3, 0.4) is 0 Å². The average Bonchev–Trinajstić information content (AvgIpc) is 2.46. The van der Waals surface area contributed by atoms with E-state index in [0.717, 1.165) is 51.2 Å². The summed E-state index contributed by atoms with van der Waals surface area (Å²) in [6, 6.07) is 0. The third-order valence-electron chi connectivity index (χ3n) is 4.00. The zero-order chi connectivity index (χ0) is 16.4. The molecule has 1 aliphatic heterocycles. The molecule has 0 amide bonds. The second-order valence-corrected chi connectivity index (χ2v) is 5.90. The van der Waals surface area contributed by atoms with Crippen molar-refractivity contribution in [1.29, 1.82) is 0 Å². The molecule has 0 aliphatic carbocycles. The molecule has 0 spiro atoms. The molecular weight excluding hydrogens is 293 g/mol. The van der Waals surface area contributed by atoms with Crippen molar-refractivity contribution in [3.05, 3.63) is 0 Å². The van der Waals surface area contributed by atoms with E-state index in [4.69, 9.17) is 0 Å². The zero-order valence-corrected chi connectivity index (χ0v) is 13.7. The van der Waals surface area contributed by atoms with Crippen molar-refractivity contribution in [3.8, 4) is 0 Å². The predicted octanol–water partition coefficient (Wildman–Crippen LogP) is 2.62. The molecule has 1 aliphatic rings. The van der Waals surface area contributed by atoms with E-state index in [2.05, 4.69) is 22.5 Å². The quantitative estimate of drug-likeness (QED) is 0.430. The molecule has 22 heavy (non-hydrogen) atoms. The summed E-state index contributed by atoms with van der Waals surface area (Å²) in [4.78, 5) is 5.67. The first-order valence-electron chi connectivity index (χ1n) is 8.18. The maximum atomic E-state index is 12.3. The Morgan fingerprint density at radius 3 is 2.36 bits per heavy atom. The molecule has 0 saturated carbocycles. The number of aliphatic imine (C=N–C) groups is 1. The van der Waals surface area contributed by atoms with Gasteiger partial charge in [0.05, 0.1) is 6.54 Å². The summed E-state index contributed by atoms with van der Waals surface area (Å²) in [7, 11) is 1.75. The summed E-state index contributed by atoms with van der Waals surface area (Å²) >= 11 is 0. The Kier molecular flexibility index (Phi) is 8.60. The SMILES string of the molecule is CCCCNC(=NC)NCCC1CCN(CC(F)(F)F)CC1. The molecule has 2 N–H and O–H groups in total. The van der Waals surface area contributed by atoms with Gasteiger partial charge in [0.1, 0.15) is 0 Å². The number of halogens is 3. The van der Waals surface area contributed by atoms with Crippen LogP contribution >= 0.6 is 0 Å². The third kappa shape index (κ3) is 8.46. The second kappa shape index (κ2) is 9.92. The number of guanidine groups is 1. The van der Waals surface area contributed by atoms with Gasteiger partial charge in [0.2, 0.25) is 0 Å². The van der Waals surface area contributed by atoms with Crippen LogP contribution in [0.4, 0.5) is 13.2 Å². The second-order valence-electron chi connectivity index (χ2n) is 5.90. The Balaban J connectivity index is 2.14. The van der Waals surface area contributed by atoms with Crippen molar-refractivity contribution in [2.75, 3.05) is 39.8 Å². The molecule has 1 fully saturated rings. The monoisotopic (exact) mass is 322 g/mol. The van der Waals surface area contributed by atoms with E-state index in [1.807, 2.05) is 0 Å². The van der Waals surface area contributed by atoms with Gasteiger partial charge in [0.15, 0.2) is 5.96 Å². The number of piperidine rings is 1. The lowest BCUT2D eigenvalue weighted by Crippen LogP contribution is -2.41. The molecule has 7 heteroatoms. The van der Waals surface area contributed by atoms with Crippen LogP contribution in [-0.2, 0) is 0 Å². The first-order valence-corrected chi connectivity index (χ1v) is 8.18. The predicted molar refractivity (Wildman–Crippen MR) is 84.1 cm³/mol. The Labute approximate surface area is 131 Å². The highest BCUT2D eigenvalue weighted by molar-refractivity contribution is 5.79. The number of unbranched alkanes of at least 4 members (excludes halogenated alkanes) is 1. The van der Waals surface area contributed by atoms with Gasteiger partial charge in [-0.15, -0.1) is 0 Å². The molecule has 0 bridgehead atoms. The van der Waals surface area contributed by atoms with E-state index >= 15 is 0 Å². The van der Waals surface area contributed by atoms with Gasteiger partial charge < -0.3 is 10.6 Å². The summed E-state index contributed by atoms with van der Waals surface area (Å²) in [6.45, 7) is 4.19. The van der Waals surface area contributed by atoms with Crippen LogP contribution < -0.4 is 10.6 Å². The average molecular weight is 322 g/mol. The van der Waals surface area contributed by atoms with Gasteiger partial charge in [0, 0.05) is 20.1 Å². The van der Waals surface area contributed by atoms with Crippen molar-refractivity contribution in [2.24, 2.45) is 10.9 Å². The fourth-order valence-corrected chi connectivity index (χ4v) is 2.69. The first-order chi connectivity index (χ1) is 10.4. The normalized spacial score (nSPS) is 18.5. The van der Waals surface area contributed by atoms with E-state index in [0.29, 0.717) is 19.0 Å². The van der Waals surface area contributed by atoms with Gasteiger partial charge in [-0.1, -0.05) is 13.3 Å². The molecule has 1 rings (SSSR count). The number of likely N-dealkylation sites (tertiary alicyclic amines) is 1. The summed E-state index contributed by atoms with van der Waals surface area (Å²) in [5.74, 6) is 1.31. The molecule has 0 aromatic carbocycles. The van der Waals surface area contributed by atoms with Crippen molar-refractivity contribution in [1.82, 2.24) is 15.5 Å². The molecule has 0 aromatic rings. The third-order valence-corrected chi connectivity index (χ3v) is 4.00. The Morgan fingerprint density at radius 1 is 1.18 bits per heavy atom. The minimum Gasteiger partial charge on any atom is -0.356 e. The van der Waals surface area contributed by atoms with Crippen LogP contribution in [0.2, 0.25) is 0 Å². The van der Waals surface area contributed by atoms with Crippen LogP contribution in [0.1, 0.15) is 39.0 Å². The van der Waals surface area contributed by atoms with Crippen molar-refractivity contribution in [2.45, 2.75) is 45.2 Å². The Bertz CT molecular complexity index is 323. The molecule has 1 saturated heterocycles. The Hall–Kier alpha value is -0.980. The van der Waals surface area contributed by atoms with E-state index in [1.165, 1.54) is 4.90 Å². The van der Waals surface area contributed by atoms with Gasteiger partial charge in [-0.3, -0.25) is 9.89 Å². The molecule has 130 valence electrons. The maximum absolute atomic E-state index is 12.3. The van der Waals surface area contributed by atoms with E-state index in [1.54, 1.807) is 7.05 Å². The van der Waals surface area contributed by atoms with Crippen LogP contribution in [-0.4, -0.2) is 56.8 Å². The molecule has 0 aromatic heterocycles. The van der Waals surface area contributed by atoms with Gasteiger partial charge in [-0.05, 0) is 44.7 Å². The highest BCUT2D eigenvalue weighted by Crippen LogP contribution is 2.23. The smallest absolute Gasteiger partial charge is 0.356 e. The molecule has 0 unspecified atom stereocenters. The largest absolute Gasteiger partial charge is 0.401 e. The number of alkyl halides is 3. The van der Waals surface area contributed by atoms with Crippen LogP contribution in [0.5, 0.6) is 0 Å². The minimum absolute atomic E-state index is 0.505. The molecule has 4 nitrogen and oxygen atoms in total. The van der Waals surface area contributed by atoms with Crippen molar-refractivity contribution < 1.29 is 13.2 Å². The number of nitrogens with zero attached hydrogens (tertiary/aromatic N) is 2. The number of rotatable bonds is 7. The first kappa shape index (κ1) is 19.1. The molecule has 1 heterocycles. The lowest BCUT2D eigenvalue weighted by atomic mass is 9.93. The van der Waals surface area contributed by atoms with Crippen LogP contribution in [0.25, 0.3) is 0 Å². The lowest BCUT2D eigenvalue weighted by Gasteiger charge is -2.32. The zero-order valence-electron chi connectivity index (χ0n) is 13.7. The summed E-state index contributed by atoms with van der Waals surface area (Å²) in [5.41, 5.74) is 0. The highest BCUT2D eigenvalue weighted by Gasteiger charge is 2.32. The molecule has 0 radical (unpaired) electrons. The maximum Gasteiger partial charge on any atom is 0.401 e. The molecule has 0 atom stereocenters. The van der Waals surface area contributed by atoms with Gasteiger partial charge in [0.25, 0.3) is 0 Å². The van der Waals surface area contributed by atoms with Crippen LogP contribution in [0.15, 0.2) is 4.99 Å². The fraction of sp³-hybridized carbons (Fsp3) is 0.933. The summed E-state index contributed by atoms with van der Waals surface area (Å²) < 4.78 is 37.0. The lowest BCUT2D eigenvalue weighted by molar-refractivity contribution is -0.148. The van der Waals surface area contributed by atoms with Crippen LogP contribution in [0, 0.1) is 5.92 Å². The van der Waals surface area contributed by atoms with Gasteiger partial charge in [-0.2, -0.15) is 13.2 Å². The number of nitrogens with one attached hydrogen (secondary N) is 2. The Morgan fingerprint density at radius 2 is 1.82 bits per heavy atom. The standard InChI is InChI=1S/C15H29F3N4/c1-3-4-8-20-14(19-2)21-9-5-13-6-10-22(11-7-13)12-15(16,17)18/h13H,3-12H2,1-2H3,(H2,19,20,21). The van der Waals surface area contributed by atoms with E-state index in [-0.39, 0.29) is 0 Å². The van der Waals surface area contributed by atoms with E-state index in [9.17, 15) is 13.2 Å². The minimum atomic E-state index is -4.08. The molecular formula is C15H29F3N4. The van der Waals surface area contributed by atoms with Crippen molar-refractivity contribution >= 4 is 5.96 Å². The summed E-state index contributed by atoms with van der Waals surface area (Å²) in [6.07, 6.45) is 0.845. The van der Waals surface area contributed by atoms with Gasteiger partial charge in [-0.25, -0.2) is 0 Å². The topological polar surface area (TPSA) is 39.7 Å². The summed E-state index contributed by atoms with van der Waals surface area (Å²) in [5, 5.41) is 6.52. The number of hydrogen-bond acceptors (Lipinski definition) is 2. The van der Waals surface area contributed by atoms with E-state index < -0.39 is 12.7 Å². The number of hydrogen-bond donors (Lipinski definition) is 2. The van der Waals surface area contributed by atoms with Crippen molar-refractivity contribution in [3.63, 3.8) is 0 Å². The fourth-order valence-electron chi connectivity index (χ4n) is 2.69. The highest BCUT2D eigenvalue weighted by atomic mass is 19.4.